The molecule has 0 bridgehead atoms. The zero-order valence-corrected chi connectivity index (χ0v) is 14.6. The number of carbonyl (C=O) groups excluding carboxylic acids is 2. The summed E-state index contributed by atoms with van der Waals surface area (Å²) in [4.78, 5) is 29.9. The second-order valence-electron chi connectivity index (χ2n) is 8.15. The molecule has 4 atom stereocenters. The lowest BCUT2D eigenvalue weighted by molar-refractivity contribution is -0.136. The molecule has 132 valence electrons. The first-order valence-electron chi connectivity index (χ1n) is 9.38. The van der Waals surface area contributed by atoms with E-state index in [1.807, 2.05) is 29.2 Å². The largest absolute Gasteiger partial charge is 0.486 e. The minimum atomic E-state index is -0.441. The van der Waals surface area contributed by atoms with Crippen molar-refractivity contribution in [3.05, 3.63) is 29.8 Å². The second-order valence-corrected chi connectivity index (χ2v) is 8.15. The van der Waals surface area contributed by atoms with E-state index in [-0.39, 0.29) is 23.5 Å². The van der Waals surface area contributed by atoms with Crippen molar-refractivity contribution in [1.29, 1.82) is 0 Å². The molecule has 5 heteroatoms. The highest BCUT2D eigenvalue weighted by molar-refractivity contribution is 6.00. The van der Waals surface area contributed by atoms with Gasteiger partial charge in [-0.05, 0) is 37.9 Å². The molecular formula is C20H24N2O3. The van der Waals surface area contributed by atoms with Gasteiger partial charge in [0.25, 0.3) is 0 Å². The molecule has 4 aliphatic rings. The molecule has 2 aliphatic carbocycles. The minimum Gasteiger partial charge on any atom is -0.486 e. The molecule has 0 radical (unpaired) electrons. The van der Waals surface area contributed by atoms with Crippen LogP contribution in [0.1, 0.15) is 29.6 Å². The van der Waals surface area contributed by atoms with Gasteiger partial charge in [-0.15, -0.1) is 0 Å². The quantitative estimate of drug-likeness (QED) is 0.782. The van der Waals surface area contributed by atoms with Gasteiger partial charge in [-0.1, -0.05) is 12.1 Å². The molecule has 0 unspecified atom stereocenters. The van der Waals surface area contributed by atoms with Gasteiger partial charge in [-0.2, -0.15) is 0 Å². The van der Waals surface area contributed by atoms with Gasteiger partial charge in [0.05, 0.1) is 12.0 Å². The molecule has 1 spiro atoms. The fourth-order valence-corrected chi connectivity index (χ4v) is 5.34. The number of amides is 1. The normalized spacial score (nSPS) is 36.8. The van der Waals surface area contributed by atoms with Crippen molar-refractivity contribution in [1.82, 2.24) is 9.80 Å². The van der Waals surface area contributed by atoms with E-state index < -0.39 is 5.60 Å². The van der Waals surface area contributed by atoms with Crippen LogP contribution in [0.4, 0.5) is 0 Å². The minimum absolute atomic E-state index is 0.0650. The smallest absolute Gasteiger partial charge is 0.226 e. The Labute approximate surface area is 147 Å². The number of piperazine rings is 1. The van der Waals surface area contributed by atoms with E-state index in [1.165, 1.54) is 0 Å². The SMILES string of the molecule is CN1CCN(C(=O)[C@@H]2[C@@H]3CC[C@@]4(CC(=O)c5ccccc5O4)[C@@H]32)CC1. The molecule has 2 aliphatic heterocycles. The van der Waals surface area contributed by atoms with Crippen LogP contribution in [0.25, 0.3) is 0 Å². The van der Waals surface area contributed by atoms with Crippen molar-refractivity contribution in [2.24, 2.45) is 17.8 Å². The Balaban J connectivity index is 1.36. The molecule has 5 nitrogen and oxygen atoms in total. The molecule has 1 saturated heterocycles. The van der Waals surface area contributed by atoms with Gasteiger partial charge >= 0.3 is 0 Å². The molecule has 0 aromatic heterocycles. The monoisotopic (exact) mass is 340 g/mol. The highest BCUT2D eigenvalue weighted by atomic mass is 16.5. The number of likely N-dealkylation sites (N-methyl/N-ethyl adjacent to an activating group) is 1. The first-order chi connectivity index (χ1) is 12.1. The summed E-state index contributed by atoms with van der Waals surface area (Å²) in [5.74, 6) is 1.85. The number of nitrogens with zero attached hydrogens (tertiary/aromatic N) is 2. The van der Waals surface area contributed by atoms with Crippen LogP contribution in [-0.2, 0) is 4.79 Å². The molecular weight excluding hydrogens is 316 g/mol. The molecule has 5 rings (SSSR count). The van der Waals surface area contributed by atoms with Crippen LogP contribution in [0, 0.1) is 17.8 Å². The van der Waals surface area contributed by atoms with Crippen molar-refractivity contribution < 1.29 is 14.3 Å². The lowest BCUT2D eigenvalue weighted by Crippen LogP contribution is -2.49. The summed E-state index contributed by atoms with van der Waals surface area (Å²) >= 11 is 0. The maximum Gasteiger partial charge on any atom is 0.226 e. The Hall–Kier alpha value is -1.88. The van der Waals surface area contributed by atoms with Crippen LogP contribution in [0.15, 0.2) is 24.3 Å². The molecule has 2 heterocycles. The van der Waals surface area contributed by atoms with Gasteiger partial charge in [-0.3, -0.25) is 9.59 Å². The number of ketones is 1. The molecule has 25 heavy (non-hydrogen) atoms. The van der Waals surface area contributed by atoms with Gasteiger partial charge in [0.1, 0.15) is 11.4 Å². The molecule has 0 N–H and O–H groups in total. The van der Waals surface area contributed by atoms with E-state index in [0.29, 0.717) is 23.7 Å². The average molecular weight is 340 g/mol. The summed E-state index contributed by atoms with van der Waals surface area (Å²) in [6, 6.07) is 7.53. The van der Waals surface area contributed by atoms with Crippen LogP contribution in [-0.4, -0.2) is 60.3 Å². The summed E-state index contributed by atoms with van der Waals surface area (Å²) in [5.41, 5.74) is 0.252. The van der Waals surface area contributed by atoms with E-state index >= 15 is 0 Å². The standard InChI is InChI=1S/C20H24N2O3/c1-21-8-10-22(11-9-21)19(24)17-14-6-7-20(18(14)17)12-15(23)13-4-2-3-5-16(13)25-20/h2-5,14,17-18H,6-12H2,1H3/t14-,17+,18-,20+/m0/s1. The number of benzene rings is 1. The zero-order valence-electron chi connectivity index (χ0n) is 14.6. The van der Waals surface area contributed by atoms with Crippen molar-refractivity contribution in [3.8, 4) is 5.75 Å². The highest BCUT2D eigenvalue weighted by Crippen LogP contribution is 2.66. The predicted molar refractivity (Wildman–Crippen MR) is 92.5 cm³/mol. The lowest BCUT2D eigenvalue weighted by Gasteiger charge is -2.38. The molecule has 1 aromatic carbocycles. The van der Waals surface area contributed by atoms with Crippen molar-refractivity contribution in [2.45, 2.75) is 24.9 Å². The number of para-hydroxylation sites is 1. The Bertz CT molecular complexity index is 740. The van der Waals surface area contributed by atoms with Crippen molar-refractivity contribution in [3.63, 3.8) is 0 Å². The van der Waals surface area contributed by atoms with Crippen molar-refractivity contribution in [2.75, 3.05) is 33.2 Å². The van der Waals surface area contributed by atoms with Crippen LogP contribution < -0.4 is 4.74 Å². The number of hydrogen-bond acceptors (Lipinski definition) is 4. The van der Waals surface area contributed by atoms with Gasteiger partial charge in [0.15, 0.2) is 5.78 Å². The topological polar surface area (TPSA) is 49.9 Å². The van der Waals surface area contributed by atoms with E-state index in [1.54, 1.807) is 0 Å². The number of fused-ring (bicyclic) bond motifs is 3. The first-order valence-corrected chi connectivity index (χ1v) is 9.38. The number of Topliss-reactive ketones (excluding diaryl/α,β-unsaturated/α-hetero) is 1. The van der Waals surface area contributed by atoms with E-state index in [4.69, 9.17) is 4.74 Å². The zero-order chi connectivity index (χ0) is 17.2. The Morgan fingerprint density at radius 2 is 1.96 bits per heavy atom. The van der Waals surface area contributed by atoms with Gasteiger partial charge in [-0.25, -0.2) is 0 Å². The van der Waals surface area contributed by atoms with Crippen LogP contribution in [0.3, 0.4) is 0 Å². The number of ether oxygens (including phenoxy) is 1. The fourth-order valence-electron chi connectivity index (χ4n) is 5.34. The van der Waals surface area contributed by atoms with E-state index in [2.05, 4.69) is 11.9 Å². The highest BCUT2D eigenvalue weighted by Gasteiger charge is 2.71. The third-order valence-corrected chi connectivity index (χ3v) is 6.74. The van der Waals surface area contributed by atoms with E-state index in [9.17, 15) is 9.59 Å². The van der Waals surface area contributed by atoms with E-state index in [0.717, 1.165) is 39.0 Å². The Morgan fingerprint density at radius 1 is 1.20 bits per heavy atom. The molecule has 1 aromatic rings. The van der Waals surface area contributed by atoms with Gasteiger partial charge in [0, 0.05) is 38.0 Å². The summed E-state index contributed by atoms with van der Waals surface area (Å²) < 4.78 is 6.39. The van der Waals surface area contributed by atoms with Crippen LogP contribution >= 0.6 is 0 Å². The molecule has 1 amide bonds. The van der Waals surface area contributed by atoms with Gasteiger partial charge in [0.2, 0.25) is 5.91 Å². The maximum atomic E-state index is 13.0. The Morgan fingerprint density at radius 3 is 2.76 bits per heavy atom. The first kappa shape index (κ1) is 15.4. The lowest BCUT2D eigenvalue weighted by atomic mass is 9.84. The predicted octanol–water partition coefficient (Wildman–Crippen LogP) is 1.82. The van der Waals surface area contributed by atoms with Crippen LogP contribution in [0.2, 0.25) is 0 Å². The molecule has 2 saturated carbocycles. The third-order valence-electron chi connectivity index (χ3n) is 6.74. The maximum absolute atomic E-state index is 13.0. The van der Waals surface area contributed by atoms with Crippen LogP contribution in [0.5, 0.6) is 5.75 Å². The van der Waals surface area contributed by atoms with Gasteiger partial charge < -0.3 is 14.5 Å². The number of hydrogen-bond donors (Lipinski definition) is 0. The number of rotatable bonds is 1. The fraction of sp³-hybridized carbons (Fsp3) is 0.600. The second kappa shape index (κ2) is 5.31. The van der Waals surface area contributed by atoms with Crippen molar-refractivity contribution >= 4 is 11.7 Å². The summed E-state index contributed by atoms with van der Waals surface area (Å²) in [5, 5.41) is 0. The molecule has 3 fully saturated rings. The number of carbonyl (C=O) groups is 2. The average Bonchev–Trinajstić information content (AvgIpc) is 3.26. The third kappa shape index (κ3) is 2.25. The summed E-state index contributed by atoms with van der Waals surface area (Å²) in [6.45, 7) is 3.53. The Kier molecular flexibility index (Phi) is 3.26. The summed E-state index contributed by atoms with van der Waals surface area (Å²) in [6.07, 6.45) is 2.33. The summed E-state index contributed by atoms with van der Waals surface area (Å²) in [7, 11) is 2.10.